The average molecular weight is 388 g/mol. The van der Waals surface area contributed by atoms with Crippen LogP contribution in [0.3, 0.4) is 0 Å². The minimum atomic E-state index is -0.381. The third-order valence-electron chi connectivity index (χ3n) is 3.92. The van der Waals surface area contributed by atoms with Crippen molar-refractivity contribution in [3.63, 3.8) is 0 Å². The Kier molecular flexibility index (Phi) is 7.43. The molecule has 0 saturated heterocycles. The van der Waals surface area contributed by atoms with Gasteiger partial charge in [-0.15, -0.1) is 0 Å². The van der Waals surface area contributed by atoms with Gasteiger partial charge in [-0.1, -0.05) is 18.2 Å². The van der Waals surface area contributed by atoms with Crippen LogP contribution in [0.2, 0.25) is 0 Å². The Balaban J connectivity index is 1.93. The monoisotopic (exact) mass is 388 g/mol. The summed E-state index contributed by atoms with van der Waals surface area (Å²) in [6.45, 7) is 4.20. The molecule has 1 unspecified atom stereocenters. The summed E-state index contributed by atoms with van der Waals surface area (Å²) in [6, 6.07) is 12.8. The highest BCUT2D eigenvalue weighted by atomic mass is 32.1. The van der Waals surface area contributed by atoms with Crippen LogP contribution in [0, 0.1) is 6.92 Å². The van der Waals surface area contributed by atoms with Crippen LogP contribution >= 0.6 is 12.2 Å². The quantitative estimate of drug-likeness (QED) is 0.555. The van der Waals surface area contributed by atoms with Gasteiger partial charge in [-0.25, -0.2) is 4.79 Å². The summed E-state index contributed by atoms with van der Waals surface area (Å²) in [5.41, 5.74) is 2.01. The fourth-order valence-corrected chi connectivity index (χ4v) is 2.79. The van der Waals surface area contributed by atoms with Crippen molar-refractivity contribution in [2.75, 3.05) is 26.1 Å². The second-order valence-corrected chi connectivity index (χ2v) is 6.34. The molecule has 0 amide bonds. The predicted octanol–water partition coefficient (Wildman–Crippen LogP) is 3.54. The molecule has 2 rings (SSSR count). The van der Waals surface area contributed by atoms with Gasteiger partial charge in [-0.3, -0.25) is 0 Å². The lowest BCUT2D eigenvalue weighted by Gasteiger charge is -2.19. The van der Waals surface area contributed by atoms with Crippen LogP contribution < -0.4 is 20.1 Å². The highest BCUT2D eigenvalue weighted by molar-refractivity contribution is 7.80. The van der Waals surface area contributed by atoms with Crippen molar-refractivity contribution in [1.82, 2.24) is 5.32 Å². The van der Waals surface area contributed by atoms with Gasteiger partial charge in [0.1, 0.15) is 6.61 Å². The van der Waals surface area contributed by atoms with Crippen molar-refractivity contribution in [2.24, 2.45) is 0 Å². The maximum atomic E-state index is 11.8. The Morgan fingerprint density at radius 3 is 2.48 bits per heavy atom. The standard InChI is InChI=1S/C20H24N2O4S/c1-13(12-26-18-11-6-5-10-17(18)24-3)21-20(27)22-16-9-7-8-15(14(16)2)19(23)25-4/h5-11,13H,12H2,1-4H3,(H2,21,22,27). The molecule has 0 aromatic heterocycles. The second kappa shape index (κ2) is 9.78. The number of ether oxygens (including phenoxy) is 3. The van der Waals surface area contributed by atoms with E-state index in [1.807, 2.05) is 44.2 Å². The molecule has 0 saturated carbocycles. The zero-order valence-corrected chi connectivity index (χ0v) is 16.7. The van der Waals surface area contributed by atoms with Crippen LogP contribution in [0.25, 0.3) is 0 Å². The van der Waals surface area contributed by atoms with Gasteiger partial charge in [0, 0.05) is 5.69 Å². The number of nitrogens with one attached hydrogen (secondary N) is 2. The molecule has 0 spiro atoms. The first-order valence-electron chi connectivity index (χ1n) is 8.47. The second-order valence-electron chi connectivity index (χ2n) is 5.93. The van der Waals surface area contributed by atoms with E-state index in [0.29, 0.717) is 28.8 Å². The van der Waals surface area contributed by atoms with E-state index in [9.17, 15) is 4.79 Å². The Morgan fingerprint density at radius 2 is 1.81 bits per heavy atom. The summed E-state index contributed by atoms with van der Waals surface area (Å²) in [5, 5.41) is 6.72. The van der Waals surface area contributed by atoms with Gasteiger partial charge >= 0.3 is 5.97 Å². The maximum absolute atomic E-state index is 11.8. The molecule has 0 radical (unpaired) electrons. The fraction of sp³-hybridized carbons (Fsp3) is 0.300. The number of carbonyl (C=O) groups excluding carboxylic acids is 1. The predicted molar refractivity (Wildman–Crippen MR) is 110 cm³/mol. The number of benzene rings is 2. The van der Waals surface area contributed by atoms with Crippen LogP contribution in [0.1, 0.15) is 22.8 Å². The van der Waals surface area contributed by atoms with Crippen molar-refractivity contribution in [3.05, 3.63) is 53.6 Å². The SMILES string of the molecule is COC(=O)c1cccc(NC(=S)NC(C)COc2ccccc2OC)c1C. The third kappa shape index (κ3) is 5.59. The molecule has 27 heavy (non-hydrogen) atoms. The number of anilines is 1. The summed E-state index contributed by atoms with van der Waals surface area (Å²) < 4.78 is 15.9. The molecule has 0 aliphatic rings. The number of rotatable bonds is 7. The Bertz CT molecular complexity index is 810. The summed E-state index contributed by atoms with van der Waals surface area (Å²) in [4.78, 5) is 11.8. The molecule has 0 heterocycles. The molecule has 1 atom stereocenters. The van der Waals surface area contributed by atoms with Crippen molar-refractivity contribution in [1.29, 1.82) is 0 Å². The lowest BCUT2D eigenvalue weighted by Crippen LogP contribution is -2.39. The molecule has 144 valence electrons. The molecule has 2 aromatic carbocycles. The summed E-state index contributed by atoms with van der Waals surface area (Å²) in [7, 11) is 2.96. The Hall–Kier alpha value is -2.80. The first kappa shape index (κ1) is 20.5. The first-order chi connectivity index (χ1) is 13.0. The lowest BCUT2D eigenvalue weighted by molar-refractivity contribution is 0.0600. The maximum Gasteiger partial charge on any atom is 0.338 e. The van der Waals surface area contributed by atoms with E-state index in [-0.39, 0.29) is 12.0 Å². The number of hydrogen-bond donors (Lipinski definition) is 2. The van der Waals surface area contributed by atoms with Crippen molar-refractivity contribution in [2.45, 2.75) is 19.9 Å². The molecule has 6 nitrogen and oxygen atoms in total. The number of methoxy groups -OCH3 is 2. The van der Waals surface area contributed by atoms with Gasteiger partial charge in [0.05, 0.1) is 25.8 Å². The molecule has 0 bridgehead atoms. The number of thiocarbonyl (C=S) groups is 1. The van der Waals surface area contributed by atoms with Crippen LogP contribution in [-0.2, 0) is 4.74 Å². The molecule has 0 aliphatic heterocycles. The minimum Gasteiger partial charge on any atom is -0.493 e. The van der Waals surface area contributed by atoms with Crippen LogP contribution in [0.4, 0.5) is 5.69 Å². The summed E-state index contributed by atoms with van der Waals surface area (Å²) in [6.07, 6.45) is 0. The highest BCUT2D eigenvalue weighted by Crippen LogP contribution is 2.25. The van der Waals surface area contributed by atoms with E-state index in [2.05, 4.69) is 10.6 Å². The third-order valence-corrected chi connectivity index (χ3v) is 4.14. The van der Waals surface area contributed by atoms with Crippen LogP contribution in [-0.4, -0.2) is 38.0 Å². The summed E-state index contributed by atoms with van der Waals surface area (Å²) >= 11 is 5.37. The highest BCUT2D eigenvalue weighted by Gasteiger charge is 2.13. The molecular weight excluding hydrogens is 364 g/mol. The van der Waals surface area contributed by atoms with Gasteiger partial charge in [0.25, 0.3) is 0 Å². The zero-order valence-electron chi connectivity index (χ0n) is 15.9. The molecule has 0 aliphatic carbocycles. The number of carbonyl (C=O) groups is 1. The van der Waals surface area contributed by atoms with Crippen molar-refractivity contribution >= 4 is 29.0 Å². The van der Waals surface area contributed by atoms with E-state index in [4.69, 9.17) is 26.4 Å². The average Bonchev–Trinajstić information content (AvgIpc) is 2.67. The zero-order chi connectivity index (χ0) is 19.8. The van der Waals surface area contributed by atoms with Gasteiger partial charge in [0.2, 0.25) is 0 Å². The van der Waals surface area contributed by atoms with E-state index in [0.717, 1.165) is 11.3 Å². The van der Waals surface area contributed by atoms with Crippen LogP contribution in [0.5, 0.6) is 11.5 Å². The van der Waals surface area contributed by atoms with E-state index >= 15 is 0 Å². The van der Waals surface area contributed by atoms with E-state index in [1.54, 1.807) is 19.2 Å². The number of hydrogen-bond acceptors (Lipinski definition) is 5. The Morgan fingerprint density at radius 1 is 1.11 bits per heavy atom. The first-order valence-corrected chi connectivity index (χ1v) is 8.88. The largest absolute Gasteiger partial charge is 0.493 e. The normalized spacial score (nSPS) is 11.3. The molecule has 7 heteroatoms. The molecule has 2 N–H and O–H groups in total. The molecule has 2 aromatic rings. The van der Waals surface area contributed by atoms with Crippen LogP contribution in [0.15, 0.2) is 42.5 Å². The Labute approximate surface area is 164 Å². The number of para-hydroxylation sites is 2. The van der Waals surface area contributed by atoms with Crippen molar-refractivity contribution < 1.29 is 19.0 Å². The fourth-order valence-electron chi connectivity index (χ4n) is 2.48. The lowest BCUT2D eigenvalue weighted by atomic mass is 10.1. The molecular formula is C20H24N2O4S. The van der Waals surface area contributed by atoms with Gasteiger partial charge < -0.3 is 24.8 Å². The number of esters is 1. The van der Waals surface area contributed by atoms with E-state index in [1.165, 1.54) is 7.11 Å². The van der Waals surface area contributed by atoms with Crippen molar-refractivity contribution in [3.8, 4) is 11.5 Å². The van der Waals surface area contributed by atoms with Gasteiger partial charge in [-0.05, 0) is 55.9 Å². The smallest absolute Gasteiger partial charge is 0.338 e. The van der Waals surface area contributed by atoms with E-state index < -0.39 is 0 Å². The summed E-state index contributed by atoms with van der Waals surface area (Å²) in [5.74, 6) is 0.975. The molecule has 0 fully saturated rings. The topological polar surface area (TPSA) is 68.8 Å². The minimum absolute atomic E-state index is 0.0426. The van der Waals surface area contributed by atoms with Gasteiger partial charge in [0.15, 0.2) is 16.6 Å². The van der Waals surface area contributed by atoms with Gasteiger partial charge in [-0.2, -0.15) is 0 Å².